The monoisotopic (exact) mass is 279 g/mol. The van der Waals surface area contributed by atoms with Gasteiger partial charge in [0.2, 0.25) is 11.8 Å². The largest absolute Gasteiger partial charge is 0.364 e. The van der Waals surface area contributed by atoms with E-state index in [1.807, 2.05) is 6.92 Å². The summed E-state index contributed by atoms with van der Waals surface area (Å²) >= 11 is 0. The van der Waals surface area contributed by atoms with Crippen LogP contribution in [-0.2, 0) is 0 Å². The SMILES string of the molecule is CCCNc1ncc([N+](=O)[O-])c(NCC2CCCC2)n1. The Labute approximate surface area is 118 Å². The van der Waals surface area contributed by atoms with Crippen LogP contribution in [0.4, 0.5) is 17.5 Å². The van der Waals surface area contributed by atoms with E-state index in [-0.39, 0.29) is 5.69 Å². The molecule has 110 valence electrons. The van der Waals surface area contributed by atoms with Gasteiger partial charge in [0.25, 0.3) is 0 Å². The highest BCUT2D eigenvalue weighted by atomic mass is 16.6. The van der Waals surface area contributed by atoms with Gasteiger partial charge in [0.1, 0.15) is 6.20 Å². The molecule has 0 bridgehead atoms. The van der Waals surface area contributed by atoms with Crippen molar-refractivity contribution in [1.82, 2.24) is 9.97 Å². The normalized spacial score (nSPS) is 15.2. The number of hydrogen-bond donors (Lipinski definition) is 2. The number of hydrogen-bond acceptors (Lipinski definition) is 6. The molecule has 1 aromatic rings. The molecule has 1 saturated carbocycles. The zero-order valence-electron chi connectivity index (χ0n) is 11.8. The predicted molar refractivity (Wildman–Crippen MR) is 77.9 cm³/mol. The first-order valence-electron chi connectivity index (χ1n) is 7.20. The lowest BCUT2D eigenvalue weighted by Crippen LogP contribution is -2.14. The van der Waals surface area contributed by atoms with Gasteiger partial charge in [0, 0.05) is 13.1 Å². The number of nitro groups is 1. The van der Waals surface area contributed by atoms with E-state index in [1.54, 1.807) is 0 Å². The van der Waals surface area contributed by atoms with E-state index in [2.05, 4.69) is 20.6 Å². The second-order valence-corrected chi connectivity index (χ2v) is 5.14. The van der Waals surface area contributed by atoms with Gasteiger partial charge in [-0.1, -0.05) is 19.8 Å². The Morgan fingerprint density at radius 3 is 2.80 bits per heavy atom. The zero-order chi connectivity index (χ0) is 14.4. The van der Waals surface area contributed by atoms with Gasteiger partial charge in [-0.15, -0.1) is 0 Å². The van der Waals surface area contributed by atoms with Crippen LogP contribution >= 0.6 is 0 Å². The fourth-order valence-corrected chi connectivity index (χ4v) is 2.42. The number of nitrogens with one attached hydrogen (secondary N) is 2. The van der Waals surface area contributed by atoms with Gasteiger partial charge in [0.15, 0.2) is 0 Å². The molecule has 0 atom stereocenters. The van der Waals surface area contributed by atoms with Gasteiger partial charge in [-0.05, 0) is 25.2 Å². The molecule has 7 heteroatoms. The lowest BCUT2D eigenvalue weighted by molar-refractivity contribution is -0.384. The van der Waals surface area contributed by atoms with Crippen molar-refractivity contribution in [3.63, 3.8) is 0 Å². The Balaban J connectivity index is 2.06. The number of rotatable bonds is 7. The minimum absolute atomic E-state index is 0.0648. The molecule has 1 fully saturated rings. The Morgan fingerprint density at radius 2 is 2.15 bits per heavy atom. The molecule has 7 nitrogen and oxygen atoms in total. The fourth-order valence-electron chi connectivity index (χ4n) is 2.42. The third-order valence-electron chi connectivity index (χ3n) is 3.53. The summed E-state index contributed by atoms with van der Waals surface area (Å²) in [5, 5.41) is 17.2. The Kier molecular flexibility index (Phi) is 5.09. The summed E-state index contributed by atoms with van der Waals surface area (Å²) in [6.07, 6.45) is 7.09. The van der Waals surface area contributed by atoms with Crippen molar-refractivity contribution in [3.05, 3.63) is 16.3 Å². The topological polar surface area (TPSA) is 93.0 Å². The third-order valence-corrected chi connectivity index (χ3v) is 3.53. The standard InChI is InChI=1S/C13H21N5O2/c1-2-7-14-13-16-9-11(18(19)20)12(17-13)15-8-10-5-3-4-6-10/h9-10H,2-8H2,1H3,(H2,14,15,16,17). The molecular weight excluding hydrogens is 258 g/mol. The molecule has 0 saturated heterocycles. The van der Waals surface area contributed by atoms with Crippen LogP contribution in [0.5, 0.6) is 0 Å². The van der Waals surface area contributed by atoms with E-state index in [9.17, 15) is 10.1 Å². The van der Waals surface area contributed by atoms with Gasteiger partial charge >= 0.3 is 5.69 Å². The summed E-state index contributed by atoms with van der Waals surface area (Å²) in [5.74, 6) is 1.35. The molecule has 0 aliphatic heterocycles. The van der Waals surface area contributed by atoms with Crippen LogP contribution in [0.2, 0.25) is 0 Å². The van der Waals surface area contributed by atoms with Crippen molar-refractivity contribution in [3.8, 4) is 0 Å². The molecule has 0 aromatic carbocycles. The second kappa shape index (κ2) is 7.02. The minimum atomic E-state index is -0.444. The second-order valence-electron chi connectivity index (χ2n) is 5.14. The van der Waals surface area contributed by atoms with Crippen LogP contribution in [-0.4, -0.2) is 28.0 Å². The van der Waals surface area contributed by atoms with E-state index >= 15 is 0 Å². The summed E-state index contributed by atoms with van der Waals surface area (Å²) in [4.78, 5) is 18.8. The van der Waals surface area contributed by atoms with Crippen LogP contribution in [0.15, 0.2) is 6.20 Å². The number of nitrogens with zero attached hydrogens (tertiary/aromatic N) is 3. The highest BCUT2D eigenvalue weighted by Gasteiger charge is 2.20. The molecule has 1 aromatic heterocycles. The highest BCUT2D eigenvalue weighted by molar-refractivity contribution is 5.56. The number of anilines is 2. The van der Waals surface area contributed by atoms with E-state index < -0.39 is 4.92 Å². The van der Waals surface area contributed by atoms with Crippen molar-refractivity contribution in [1.29, 1.82) is 0 Å². The summed E-state index contributed by atoms with van der Waals surface area (Å²) in [6.45, 7) is 3.53. The highest BCUT2D eigenvalue weighted by Crippen LogP contribution is 2.27. The lowest BCUT2D eigenvalue weighted by Gasteiger charge is -2.12. The molecule has 0 unspecified atom stereocenters. The van der Waals surface area contributed by atoms with Crippen LogP contribution in [0, 0.1) is 16.0 Å². The molecule has 2 N–H and O–H groups in total. The van der Waals surface area contributed by atoms with Gasteiger partial charge in [-0.25, -0.2) is 4.98 Å². The Hall–Kier alpha value is -1.92. The lowest BCUT2D eigenvalue weighted by atomic mass is 10.1. The quantitative estimate of drug-likeness (QED) is 0.589. The van der Waals surface area contributed by atoms with E-state index in [1.165, 1.54) is 31.9 Å². The van der Waals surface area contributed by atoms with Crippen molar-refractivity contribution in [2.45, 2.75) is 39.0 Å². The summed E-state index contributed by atoms with van der Waals surface area (Å²) < 4.78 is 0. The van der Waals surface area contributed by atoms with Gasteiger partial charge in [-0.3, -0.25) is 10.1 Å². The Bertz CT molecular complexity index is 460. The van der Waals surface area contributed by atoms with Crippen molar-refractivity contribution in [2.75, 3.05) is 23.7 Å². The maximum atomic E-state index is 11.0. The first-order valence-corrected chi connectivity index (χ1v) is 7.20. The number of aromatic nitrogens is 2. The molecule has 0 radical (unpaired) electrons. The minimum Gasteiger partial charge on any atom is -0.364 e. The molecule has 0 spiro atoms. The van der Waals surface area contributed by atoms with Gasteiger partial charge in [-0.2, -0.15) is 4.98 Å². The maximum absolute atomic E-state index is 11.0. The van der Waals surface area contributed by atoms with Gasteiger partial charge < -0.3 is 10.6 Å². The molecule has 1 aliphatic rings. The van der Waals surface area contributed by atoms with E-state index in [0.717, 1.165) is 19.5 Å². The van der Waals surface area contributed by atoms with E-state index in [4.69, 9.17) is 0 Å². The average molecular weight is 279 g/mol. The molecule has 2 rings (SSSR count). The van der Waals surface area contributed by atoms with E-state index in [0.29, 0.717) is 17.7 Å². The molecular formula is C13H21N5O2. The summed E-state index contributed by atoms with van der Waals surface area (Å²) in [7, 11) is 0. The molecule has 0 amide bonds. The van der Waals surface area contributed by atoms with Gasteiger partial charge in [0.05, 0.1) is 4.92 Å². The predicted octanol–water partition coefficient (Wildman–Crippen LogP) is 2.81. The van der Waals surface area contributed by atoms with Crippen LogP contribution in [0.3, 0.4) is 0 Å². The Morgan fingerprint density at radius 1 is 1.40 bits per heavy atom. The smallest absolute Gasteiger partial charge is 0.329 e. The van der Waals surface area contributed by atoms with Crippen molar-refractivity contribution >= 4 is 17.5 Å². The first-order chi connectivity index (χ1) is 9.70. The fraction of sp³-hybridized carbons (Fsp3) is 0.692. The van der Waals surface area contributed by atoms with Crippen LogP contribution in [0.25, 0.3) is 0 Å². The molecule has 20 heavy (non-hydrogen) atoms. The van der Waals surface area contributed by atoms with Crippen LogP contribution in [0.1, 0.15) is 39.0 Å². The first kappa shape index (κ1) is 14.5. The van der Waals surface area contributed by atoms with Crippen LogP contribution < -0.4 is 10.6 Å². The summed E-state index contributed by atoms with van der Waals surface area (Å²) in [6, 6.07) is 0. The summed E-state index contributed by atoms with van der Waals surface area (Å²) in [5.41, 5.74) is -0.0648. The van der Waals surface area contributed by atoms with Crippen molar-refractivity contribution < 1.29 is 4.92 Å². The average Bonchev–Trinajstić information content (AvgIpc) is 2.96. The van der Waals surface area contributed by atoms with Crippen molar-refractivity contribution in [2.24, 2.45) is 5.92 Å². The maximum Gasteiger partial charge on any atom is 0.329 e. The molecule has 1 aliphatic carbocycles. The molecule has 1 heterocycles. The zero-order valence-corrected chi connectivity index (χ0v) is 11.8. The third kappa shape index (κ3) is 3.79.